The zero-order chi connectivity index (χ0) is 27.0. The van der Waals surface area contributed by atoms with E-state index in [1.54, 1.807) is 36.5 Å². The fraction of sp³-hybridized carbons (Fsp3) is 0.333. The number of Topliss-reactive ketones (excluding diaryl/α,β-unsaturated/α-hetero) is 1. The van der Waals surface area contributed by atoms with Gasteiger partial charge in [0.1, 0.15) is 11.9 Å². The van der Waals surface area contributed by atoms with Gasteiger partial charge in [-0.15, -0.1) is 0 Å². The van der Waals surface area contributed by atoms with Crippen LogP contribution in [0.3, 0.4) is 0 Å². The maximum Gasteiger partial charge on any atom is 0.216 e. The van der Waals surface area contributed by atoms with E-state index in [0.29, 0.717) is 48.5 Å². The first-order chi connectivity index (χ1) is 18.2. The number of rotatable bonds is 5. The van der Waals surface area contributed by atoms with Gasteiger partial charge in [-0.2, -0.15) is 5.26 Å². The maximum absolute atomic E-state index is 15.1. The molecule has 1 aromatic carbocycles. The number of halogens is 1. The summed E-state index contributed by atoms with van der Waals surface area (Å²) in [5, 5.41) is 12.5. The molecule has 1 N–H and O–H groups in total. The summed E-state index contributed by atoms with van der Waals surface area (Å²) in [4.78, 5) is 38.4. The molecule has 192 valence electrons. The minimum Gasteiger partial charge on any atom is -0.356 e. The second-order valence-corrected chi connectivity index (χ2v) is 10.2. The average molecular weight is 510 g/mol. The third-order valence-corrected chi connectivity index (χ3v) is 7.80. The Hall–Kier alpha value is -4.25. The number of nitriles is 1. The highest BCUT2D eigenvalue weighted by molar-refractivity contribution is 6.02. The van der Waals surface area contributed by atoms with Crippen LogP contribution in [0.5, 0.6) is 0 Å². The van der Waals surface area contributed by atoms with Gasteiger partial charge in [-0.05, 0) is 43.0 Å². The minimum absolute atomic E-state index is 0.0403. The SMILES string of the molecule is CC(=O)NCCc1cc(-c2nc(-c3ccccc3F)c3c(n2)[C@]2(C)C=C(C#N)C(=O)[C@H](C)[C@H]2CC3)ccn1. The first kappa shape index (κ1) is 25.4. The molecule has 0 saturated heterocycles. The highest BCUT2D eigenvalue weighted by atomic mass is 19.1. The summed E-state index contributed by atoms with van der Waals surface area (Å²) >= 11 is 0. The number of nitrogens with one attached hydrogen (secondary N) is 1. The summed E-state index contributed by atoms with van der Waals surface area (Å²) in [5.41, 5.74) is 3.40. The number of ketones is 1. The lowest BCUT2D eigenvalue weighted by atomic mass is 9.57. The molecule has 0 aliphatic heterocycles. The molecule has 3 aromatic rings. The number of fused-ring (bicyclic) bond motifs is 3. The van der Waals surface area contributed by atoms with E-state index in [-0.39, 0.29) is 34.9 Å². The average Bonchev–Trinajstić information content (AvgIpc) is 2.90. The van der Waals surface area contributed by atoms with Crippen LogP contribution in [0.15, 0.2) is 54.2 Å². The number of carbonyl (C=O) groups excluding carboxylic acids is 2. The number of hydrogen-bond donors (Lipinski definition) is 1. The van der Waals surface area contributed by atoms with Crippen molar-refractivity contribution in [3.8, 4) is 28.7 Å². The molecule has 2 aliphatic rings. The molecule has 7 nitrogen and oxygen atoms in total. The van der Waals surface area contributed by atoms with Crippen LogP contribution >= 0.6 is 0 Å². The minimum atomic E-state index is -0.690. The summed E-state index contributed by atoms with van der Waals surface area (Å²) < 4.78 is 15.1. The molecule has 38 heavy (non-hydrogen) atoms. The first-order valence-electron chi connectivity index (χ1n) is 12.8. The van der Waals surface area contributed by atoms with E-state index in [2.05, 4.69) is 16.4 Å². The maximum atomic E-state index is 15.1. The quantitative estimate of drug-likeness (QED) is 0.542. The molecule has 8 heteroatoms. The number of carbonyl (C=O) groups is 2. The van der Waals surface area contributed by atoms with Crippen LogP contribution in [-0.4, -0.2) is 33.2 Å². The Bertz CT molecular complexity index is 1530. The van der Waals surface area contributed by atoms with Crippen molar-refractivity contribution in [2.75, 3.05) is 6.54 Å². The van der Waals surface area contributed by atoms with Gasteiger partial charge in [0, 0.05) is 59.8 Å². The van der Waals surface area contributed by atoms with E-state index in [1.807, 2.05) is 19.9 Å². The van der Waals surface area contributed by atoms with Crippen LogP contribution in [0.2, 0.25) is 0 Å². The predicted octanol–water partition coefficient (Wildman–Crippen LogP) is 4.51. The van der Waals surface area contributed by atoms with Crippen molar-refractivity contribution in [3.05, 3.63) is 77.0 Å². The molecule has 0 unspecified atom stereocenters. The number of hydrogen-bond acceptors (Lipinski definition) is 6. The molecule has 0 saturated carbocycles. The molecular weight excluding hydrogens is 481 g/mol. The summed E-state index contributed by atoms with van der Waals surface area (Å²) in [5.74, 6) is -0.575. The fourth-order valence-corrected chi connectivity index (χ4v) is 5.90. The Morgan fingerprint density at radius 3 is 2.79 bits per heavy atom. The van der Waals surface area contributed by atoms with Crippen LogP contribution in [0.1, 0.15) is 44.1 Å². The van der Waals surface area contributed by atoms with Gasteiger partial charge in [0.2, 0.25) is 5.91 Å². The number of pyridine rings is 1. The Labute approximate surface area is 220 Å². The van der Waals surface area contributed by atoms with E-state index in [0.717, 1.165) is 17.0 Å². The topological polar surface area (TPSA) is 109 Å². The lowest BCUT2D eigenvalue weighted by molar-refractivity contribution is -0.121. The van der Waals surface area contributed by atoms with Crippen LogP contribution in [0, 0.1) is 29.0 Å². The van der Waals surface area contributed by atoms with Gasteiger partial charge in [-0.3, -0.25) is 14.6 Å². The zero-order valence-corrected chi connectivity index (χ0v) is 21.6. The molecule has 5 rings (SSSR count). The van der Waals surface area contributed by atoms with Crippen molar-refractivity contribution in [2.45, 2.75) is 45.4 Å². The normalized spacial score (nSPS) is 22.1. The number of amides is 1. The molecule has 2 aromatic heterocycles. The van der Waals surface area contributed by atoms with Crippen LogP contribution in [0.4, 0.5) is 4.39 Å². The zero-order valence-electron chi connectivity index (χ0n) is 21.6. The summed E-state index contributed by atoms with van der Waals surface area (Å²) in [7, 11) is 0. The van der Waals surface area contributed by atoms with Crippen molar-refractivity contribution in [1.82, 2.24) is 20.3 Å². The van der Waals surface area contributed by atoms with Gasteiger partial charge in [0.25, 0.3) is 0 Å². The Morgan fingerprint density at radius 2 is 2.05 bits per heavy atom. The van der Waals surface area contributed by atoms with Crippen LogP contribution in [-0.2, 0) is 27.8 Å². The third kappa shape index (κ3) is 4.38. The van der Waals surface area contributed by atoms with Crippen molar-refractivity contribution >= 4 is 11.7 Å². The van der Waals surface area contributed by atoms with Gasteiger partial charge >= 0.3 is 0 Å². The molecule has 2 heterocycles. The highest BCUT2D eigenvalue weighted by Crippen LogP contribution is 2.51. The lowest BCUT2D eigenvalue weighted by Gasteiger charge is -2.45. The van der Waals surface area contributed by atoms with Crippen molar-refractivity contribution < 1.29 is 14.0 Å². The van der Waals surface area contributed by atoms with E-state index >= 15 is 4.39 Å². The second kappa shape index (κ2) is 9.90. The molecule has 0 radical (unpaired) electrons. The molecule has 3 atom stereocenters. The number of aromatic nitrogens is 3. The smallest absolute Gasteiger partial charge is 0.216 e. The third-order valence-electron chi connectivity index (χ3n) is 7.80. The van der Waals surface area contributed by atoms with Gasteiger partial charge in [0.05, 0.1) is 17.0 Å². The van der Waals surface area contributed by atoms with Gasteiger partial charge in [0.15, 0.2) is 11.6 Å². The second-order valence-electron chi connectivity index (χ2n) is 10.2. The number of benzene rings is 1. The van der Waals surface area contributed by atoms with E-state index in [9.17, 15) is 14.9 Å². The lowest BCUT2D eigenvalue weighted by Crippen LogP contribution is -2.46. The molecule has 0 fully saturated rings. The Morgan fingerprint density at radius 1 is 1.26 bits per heavy atom. The molecular formula is C30H28FN5O2. The van der Waals surface area contributed by atoms with Crippen molar-refractivity contribution in [3.63, 3.8) is 0 Å². The molecule has 0 spiro atoms. The Kier molecular flexibility index (Phi) is 6.62. The summed E-state index contributed by atoms with van der Waals surface area (Å²) in [6, 6.07) is 12.3. The fourth-order valence-electron chi connectivity index (χ4n) is 5.90. The highest BCUT2D eigenvalue weighted by Gasteiger charge is 2.49. The predicted molar refractivity (Wildman–Crippen MR) is 140 cm³/mol. The van der Waals surface area contributed by atoms with Crippen LogP contribution in [0.25, 0.3) is 22.6 Å². The molecule has 0 bridgehead atoms. The molecule has 2 aliphatic carbocycles. The van der Waals surface area contributed by atoms with E-state index in [1.165, 1.54) is 13.0 Å². The monoisotopic (exact) mass is 509 g/mol. The summed E-state index contributed by atoms with van der Waals surface area (Å²) in [6.07, 6.45) is 5.27. The van der Waals surface area contributed by atoms with Crippen LogP contribution < -0.4 is 5.32 Å². The Balaban J connectivity index is 1.71. The summed E-state index contributed by atoms with van der Waals surface area (Å²) in [6.45, 7) is 5.81. The van der Waals surface area contributed by atoms with Crippen molar-refractivity contribution in [2.24, 2.45) is 11.8 Å². The number of allylic oxidation sites excluding steroid dienone is 2. The van der Waals surface area contributed by atoms with E-state index < -0.39 is 5.41 Å². The largest absolute Gasteiger partial charge is 0.356 e. The standard InChI is InChI=1S/C30H28FN5O2/c1-17-24-9-8-23-26(22-6-4-5-7-25(22)31)35-29(19-10-12-34-21(14-19)11-13-33-18(2)37)36-28(23)30(24,3)15-20(16-32)27(17)38/h4-7,10,12,14-15,17,24H,8-9,11,13H2,1-3H3,(H,33,37)/t17-,24-,30-/m1/s1. The van der Waals surface area contributed by atoms with E-state index in [4.69, 9.17) is 9.97 Å². The van der Waals surface area contributed by atoms with Gasteiger partial charge in [-0.1, -0.05) is 32.1 Å². The molecule has 1 amide bonds. The number of nitrogens with zero attached hydrogens (tertiary/aromatic N) is 4. The van der Waals surface area contributed by atoms with Gasteiger partial charge < -0.3 is 5.32 Å². The van der Waals surface area contributed by atoms with Gasteiger partial charge in [-0.25, -0.2) is 14.4 Å². The first-order valence-corrected chi connectivity index (χ1v) is 12.8. The van der Waals surface area contributed by atoms with Crippen molar-refractivity contribution in [1.29, 1.82) is 5.26 Å².